The molecule has 0 aliphatic carbocycles. The van der Waals surface area contributed by atoms with Crippen LogP contribution in [0, 0.1) is 11.3 Å². The van der Waals surface area contributed by atoms with Gasteiger partial charge in [0.15, 0.2) is 5.96 Å². The molecule has 0 aromatic carbocycles. The largest absolute Gasteiger partial charge is 0.357 e. The number of amides is 1. The smallest absolute Gasteiger partial charge is 0.220 e. The van der Waals surface area contributed by atoms with Crippen molar-refractivity contribution in [1.82, 2.24) is 20.4 Å². The Bertz CT molecular complexity index is 520. The Morgan fingerprint density at radius 1 is 1.38 bits per heavy atom. The van der Waals surface area contributed by atoms with Crippen LogP contribution in [-0.4, -0.2) is 73.5 Å². The van der Waals surface area contributed by atoms with Crippen molar-refractivity contribution in [1.29, 1.82) is 0 Å². The molecule has 0 radical (unpaired) electrons. The van der Waals surface area contributed by atoms with Crippen molar-refractivity contribution < 1.29 is 4.79 Å². The number of hydrogen-bond donors (Lipinski definition) is 2. The van der Waals surface area contributed by atoms with Crippen LogP contribution >= 0.6 is 0 Å². The molecule has 3 fully saturated rings. The Balaban J connectivity index is 1.62. The summed E-state index contributed by atoms with van der Waals surface area (Å²) in [5, 5.41) is 6.54. The first-order valence-electron chi connectivity index (χ1n) is 10.6. The summed E-state index contributed by atoms with van der Waals surface area (Å²) in [5.74, 6) is 1.92. The lowest BCUT2D eigenvalue weighted by atomic mass is 9.79. The molecular weight excluding hydrogens is 326 g/mol. The maximum Gasteiger partial charge on any atom is 0.220 e. The summed E-state index contributed by atoms with van der Waals surface area (Å²) in [7, 11) is 0. The lowest BCUT2D eigenvalue weighted by Crippen LogP contribution is -2.51. The topological polar surface area (TPSA) is 60.0 Å². The molecule has 2 N–H and O–H groups in total. The Labute approximate surface area is 158 Å². The normalized spacial score (nSPS) is 30.9. The minimum atomic E-state index is 0.116. The fourth-order valence-corrected chi connectivity index (χ4v) is 4.79. The van der Waals surface area contributed by atoms with Crippen molar-refractivity contribution in [3.05, 3.63) is 0 Å². The average Bonchev–Trinajstić information content (AvgIpc) is 2.98. The standard InChI is InChI=1S/C20H37N5O/c1-4-21-19(22-12-17-7-5-9-24(13-17)16(2)3)25-10-6-8-20(15-25)11-18(26)23-14-20/h16-17H,4-15H2,1-3H3,(H,21,22)(H,23,26). The van der Waals surface area contributed by atoms with Gasteiger partial charge in [-0.2, -0.15) is 0 Å². The fourth-order valence-electron chi connectivity index (χ4n) is 4.79. The van der Waals surface area contributed by atoms with Crippen LogP contribution in [0.2, 0.25) is 0 Å². The molecule has 3 rings (SSSR count). The highest BCUT2D eigenvalue weighted by Gasteiger charge is 2.42. The van der Waals surface area contributed by atoms with Crippen LogP contribution in [0.4, 0.5) is 0 Å². The highest BCUT2D eigenvalue weighted by molar-refractivity contribution is 5.81. The highest BCUT2D eigenvalue weighted by Crippen LogP contribution is 2.36. The van der Waals surface area contributed by atoms with E-state index in [1.165, 1.54) is 25.9 Å². The molecule has 1 spiro atoms. The van der Waals surface area contributed by atoms with Gasteiger partial charge in [0.2, 0.25) is 5.91 Å². The quantitative estimate of drug-likeness (QED) is 0.589. The summed E-state index contributed by atoms with van der Waals surface area (Å²) in [5.41, 5.74) is 0.116. The van der Waals surface area contributed by atoms with Gasteiger partial charge < -0.3 is 20.4 Å². The van der Waals surface area contributed by atoms with Crippen LogP contribution in [0.1, 0.15) is 52.9 Å². The van der Waals surface area contributed by atoms with E-state index in [0.717, 1.165) is 51.5 Å². The molecule has 26 heavy (non-hydrogen) atoms. The van der Waals surface area contributed by atoms with Crippen LogP contribution in [0.5, 0.6) is 0 Å². The molecule has 6 nitrogen and oxygen atoms in total. The maximum absolute atomic E-state index is 11.8. The van der Waals surface area contributed by atoms with E-state index in [4.69, 9.17) is 4.99 Å². The highest BCUT2D eigenvalue weighted by atomic mass is 16.1. The van der Waals surface area contributed by atoms with Gasteiger partial charge in [-0.05, 0) is 58.9 Å². The van der Waals surface area contributed by atoms with E-state index in [-0.39, 0.29) is 11.3 Å². The van der Waals surface area contributed by atoms with Gasteiger partial charge in [-0.15, -0.1) is 0 Å². The number of aliphatic imine (C=N–C) groups is 1. The molecule has 6 heteroatoms. The molecule has 2 atom stereocenters. The summed E-state index contributed by atoms with van der Waals surface area (Å²) in [6.45, 7) is 13.7. The van der Waals surface area contributed by atoms with E-state index in [9.17, 15) is 4.79 Å². The van der Waals surface area contributed by atoms with E-state index in [2.05, 4.69) is 41.2 Å². The van der Waals surface area contributed by atoms with E-state index >= 15 is 0 Å². The van der Waals surface area contributed by atoms with Crippen LogP contribution in [0.15, 0.2) is 4.99 Å². The first-order chi connectivity index (χ1) is 12.5. The number of guanidine groups is 1. The number of nitrogens with one attached hydrogen (secondary N) is 2. The molecular formula is C20H37N5O. The molecule has 0 saturated carbocycles. The lowest BCUT2D eigenvalue weighted by Gasteiger charge is -2.41. The zero-order valence-corrected chi connectivity index (χ0v) is 16.9. The van der Waals surface area contributed by atoms with Gasteiger partial charge in [0.1, 0.15) is 0 Å². The number of rotatable bonds is 4. The second-order valence-electron chi connectivity index (χ2n) is 8.77. The molecule has 1 amide bonds. The third-order valence-corrected chi connectivity index (χ3v) is 6.27. The molecule has 3 saturated heterocycles. The number of carbonyl (C=O) groups is 1. The van der Waals surface area contributed by atoms with Crippen molar-refractivity contribution in [2.45, 2.75) is 58.9 Å². The molecule has 148 valence electrons. The molecule has 3 aliphatic heterocycles. The van der Waals surface area contributed by atoms with E-state index < -0.39 is 0 Å². The second kappa shape index (κ2) is 8.59. The van der Waals surface area contributed by atoms with Gasteiger partial charge in [-0.3, -0.25) is 9.79 Å². The third kappa shape index (κ3) is 4.70. The zero-order chi connectivity index (χ0) is 18.6. The maximum atomic E-state index is 11.8. The third-order valence-electron chi connectivity index (χ3n) is 6.27. The van der Waals surface area contributed by atoms with Gasteiger partial charge in [0.25, 0.3) is 0 Å². The zero-order valence-electron chi connectivity index (χ0n) is 16.9. The lowest BCUT2D eigenvalue weighted by molar-refractivity contribution is -0.119. The van der Waals surface area contributed by atoms with Crippen LogP contribution in [0.3, 0.4) is 0 Å². The SMILES string of the molecule is CCNC(=NCC1CCCN(C(C)C)C1)N1CCCC2(CNC(=O)C2)C1. The van der Waals surface area contributed by atoms with Gasteiger partial charge in [-0.1, -0.05) is 0 Å². The molecule has 0 aromatic heterocycles. The van der Waals surface area contributed by atoms with Crippen molar-refractivity contribution in [3.63, 3.8) is 0 Å². The average molecular weight is 364 g/mol. The fraction of sp³-hybridized carbons (Fsp3) is 0.900. The van der Waals surface area contributed by atoms with Crippen molar-refractivity contribution in [3.8, 4) is 0 Å². The van der Waals surface area contributed by atoms with E-state index in [0.29, 0.717) is 18.4 Å². The van der Waals surface area contributed by atoms with Gasteiger partial charge in [0.05, 0.1) is 0 Å². The number of carbonyl (C=O) groups excluding carboxylic acids is 1. The molecule has 2 unspecified atom stereocenters. The predicted molar refractivity (Wildman–Crippen MR) is 106 cm³/mol. The van der Waals surface area contributed by atoms with E-state index in [1.807, 2.05) is 0 Å². The first-order valence-corrected chi connectivity index (χ1v) is 10.6. The summed E-state index contributed by atoms with van der Waals surface area (Å²) < 4.78 is 0. The Kier molecular flexibility index (Phi) is 6.43. The van der Waals surface area contributed by atoms with Crippen LogP contribution in [0.25, 0.3) is 0 Å². The van der Waals surface area contributed by atoms with Gasteiger partial charge >= 0.3 is 0 Å². The van der Waals surface area contributed by atoms with Gasteiger partial charge in [-0.25, -0.2) is 0 Å². The Hall–Kier alpha value is -1.30. The molecule has 0 aromatic rings. The van der Waals surface area contributed by atoms with Crippen molar-refractivity contribution >= 4 is 11.9 Å². The number of nitrogens with zero attached hydrogens (tertiary/aromatic N) is 3. The first kappa shape index (κ1) is 19.5. The minimum Gasteiger partial charge on any atom is -0.357 e. The Morgan fingerprint density at radius 2 is 2.23 bits per heavy atom. The predicted octanol–water partition coefficient (Wildman–Crippen LogP) is 1.67. The Morgan fingerprint density at radius 3 is 2.92 bits per heavy atom. The molecule has 3 heterocycles. The summed E-state index contributed by atoms with van der Waals surface area (Å²) >= 11 is 0. The number of likely N-dealkylation sites (tertiary alicyclic amines) is 2. The summed E-state index contributed by atoms with van der Waals surface area (Å²) in [4.78, 5) is 21.8. The van der Waals surface area contributed by atoms with Gasteiger partial charge in [0, 0.05) is 57.1 Å². The van der Waals surface area contributed by atoms with E-state index in [1.54, 1.807) is 0 Å². The number of hydrogen-bond acceptors (Lipinski definition) is 3. The molecule has 0 bridgehead atoms. The molecule has 3 aliphatic rings. The van der Waals surface area contributed by atoms with Crippen LogP contribution < -0.4 is 10.6 Å². The summed E-state index contributed by atoms with van der Waals surface area (Å²) in [6.07, 6.45) is 5.54. The van der Waals surface area contributed by atoms with Crippen LogP contribution in [-0.2, 0) is 4.79 Å². The minimum absolute atomic E-state index is 0.116. The second-order valence-corrected chi connectivity index (χ2v) is 8.77. The van der Waals surface area contributed by atoms with Crippen molar-refractivity contribution in [2.75, 3.05) is 45.8 Å². The van der Waals surface area contributed by atoms with Crippen molar-refractivity contribution in [2.24, 2.45) is 16.3 Å². The number of piperidine rings is 2. The summed E-state index contributed by atoms with van der Waals surface area (Å²) in [6, 6.07) is 0.629. The monoisotopic (exact) mass is 363 g/mol.